The molecule has 1 aliphatic rings. The van der Waals surface area contributed by atoms with Gasteiger partial charge in [0, 0.05) is 0 Å². The minimum absolute atomic E-state index is 0.100. The zero-order valence-corrected chi connectivity index (χ0v) is 22.0. The van der Waals surface area contributed by atoms with E-state index in [4.69, 9.17) is 28.8 Å². The zero-order chi connectivity index (χ0) is 28.1. The van der Waals surface area contributed by atoms with E-state index in [2.05, 4.69) is 21.9 Å². The number of hydrogen-bond acceptors (Lipinski definition) is 13. The number of phosphoric ester groups is 1. The minimum Gasteiger partial charge on any atom is -0.461 e. The number of nitrogens with two attached hydrogens (primary N) is 1. The standard InChI is InChI=1S/C23H29N4O10P/c1-5-11-23(31)19(28)17(35-21(23)27-22(30)26-18(24)12-25-27)13-33-38(32,37-16-9-7-6-8-10-16)36-15(4)20(29)34-14(2)3/h6-10,12,14-15,17,19,21,28,31H,13H2,1-4H3,(H2,24,26,30)/t15-,17+,19-,21+,23?,38?/m0/s1. The van der Waals surface area contributed by atoms with Crippen LogP contribution >= 0.6 is 7.82 Å². The fourth-order valence-electron chi connectivity index (χ4n) is 3.42. The Morgan fingerprint density at radius 2 is 2.00 bits per heavy atom. The molecule has 0 spiro atoms. The molecule has 0 amide bonds. The van der Waals surface area contributed by atoms with Crippen molar-refractivity contribution in [3.63, 3.8) is 0 Å². The molecule has 206 valence electrons. The molecule has 2 unspecified atom stereocenters. The molecular weight excluding hydrogens is 523 g/mol. The van der Waals surface area contributed by atoms with Crippen molar-refractivity contribution in [2.45, 2.75) is 63.9 Å². The van der Waals surface area contributed by atoms with Crippen molar-refractivity contribution in [2.24, 2.45) is 0 Å². The summed E-state index contributed by atoms with van der Waals surface area (Å²) < 4.78 is 41.2. The average Bonchev–Trinajstić information content (AvgIpc) is 3.08. The van der Waals surface area contributed by atoms with Gasteiger partial charge in [-0.2, -0.15) is 14.8 Å². The fraction of sp³-hybridized carbons (Fsp3) is 0.478. The van der Waals surface area contributed by atoms with Gasteiger partial charge in [-0.3, -0.25) is 9.05 Å². The number of esters is 1. The van der Waals surface area contributed by atoms with E-state index in [9.17, 15) is 24.4 Å². The van der Waals surface area contributed by atoms with Crippen molar-refractivity contribution in [1.29, 1.82) is 0 Å². The lowest BCUT2D eigenvalue weighted by Crippen LogP contribution is -2.48. The minimum atomic E-state index is -4.56. The predicted octanol–water partition coefficient (Wildman–Crippen LogP) is 0.794. The monoisotopic (exact) mass is 552 g/mol. The van der Waals surface area contributed by atoms with Gasteiger partial charge in [0.05, 0.1) is 18.9 Å². The highest BCUT2D eigenvalue weighted by atomic mass is 31.2. The van der Waals surface area contributed by atoms with Crippen molar-refractivity contribution >= 4 is 19.6 Å². The molecule has 0 radical (unpaired) electrons. The molecule has 0 bridgehead atoms. The van der Waals surface area contributed by atoms with E-state index < -0.39 is 62.3 Å². The number of phosphoric acid groups is 1. The topological polar surface area (TPSA) is 195 Å². The lowest BCUT2D eigenvalue weighted by molar-refractivity contribution is -0.156. The SMILES string of the molecule is CC#CC1(O)[C@@H](O)[C@@H](COP(=O)(Oc2ccccc2)O[C@@H](C)C(=O)OC(C)C)O[C@H]1n1ncc(N)nc1=O. The van der Waals surface area contributed by atoms with Crippen LogP contribution in [0.5, 0.6) is 5.75 Å². The molecule has 1 aliphatic heterocycles. The van der Waals surface area contributed by atoms with Gasteiger partial charge in [0.15, 0.2) is 12.3 Å². The number of nitrogens with zero attached hydrogens (tertiary/aromatic N) is 3. The molecule has 6 atom stereocenters. The number of nitrogen functional groups attached to an aromatic ring is 1. The first-order chi connectivity index (χ1) is 17.9. The summed E-state index contributed by atoms with van der Waals surface area (Å²) in [5.41, 5.74) is 2.16. The highest BCUT2D eigenvalue weighted by Crippen LogP contribution is 2.51. The zero-order valence-electron chi connectivity index (χ0n) is 21.1. The third-order valence-electron chi connectivity index (χ3n) is 5.09. The van der Waals surface area contributed by atoms with E-state index in [1.807, 2.05) is 0 Å². The highest BCUT2D eigenvalue weighted by Gasteiger charge is 2.57. The largest absolute Gasteiger partial charge is 0.530 e. The second-order valence-electron chi connectivity index (χ2n) is 8.46. The second-order valence-corrected chi connectivity index (χ2v) is 10.0. The smallest absolute Gasteiger partial charge is 0.461 e. The van der Waals surface area contributed by atoms with Gasteiger partial charge in [0.2, 0.25) is 5.60 Å². The van der Waals surface area contributed by atoms with E-state index in [0.717, 1.165) is 6.20 Å². The number of carbonyl (C=O) groups is 1. The van der Waals surface area contributed by atoms with Gasteiger partial charge in [-0.15, -0.1) is 5.92 Å². The number of benzene rings is 1. The van der Waals surface area contributed by atoms with Gasteiger partial charge in [0.1, 0.15) is 23.8 Å². The van der Waals surface area contributed by atoms with E-state index in [0.29, 0.717) is 4.68 Å². The van der Waals surface area contributed by atoms with Crippen LogP contribution in [0.2, 0.25) is 0 Å². The van der Waals surface area contributed by atoms with Crippen molar-refractivity contribution in [3.05, 3.63) is 47.0 Å². The van der Waals surface area contributed by atoms with Crippen LogP contribution in [0.15, 0.2) is 41.3 Å². The van der Waals surface area contributed by atoms with E-state index in [1.165, 1.54) is 26.0 Å². The highest BCUT2D eigenvalue weighted by molar-refractivity contribution is 7.49. The number of aliphatic hydroxyl groups excluding tert-OH is 1. The molecule has 0 saturated carbocycles. The number of carbonyl (C=O) groups excluding carboxylic acids is 1. The van der Waals surface area contributed by atoms with Crippen LogP contribution < -0.4 is 15.9 Å². The Balaban J connectivity index is 1.86. The summed E-state index contributed by atoms with van der Waals surface area (Å²) in [4.78, 5) is 28.1. The molecule has 1 saturated heterocycles. The Labute approximate surface area is 218 Å². The Kier molecular flexibility index (Phi) is 9.26. The molecule has 2 heterocycles. The van der Waals surface area contributed by atoms with Gasteiger partial charge in [-0.25, -0.2) is 14.2 Å². The third kappa shape index (κ3) is 6.76. The summed E-state index contributed by atoms with van der Waals surface area (Å²) in [6, 6.07) is 7.88. The van der Waals surface area contributed by atoms with Crippen molar-refractivity contribution in [2.75, 3.05) is 12.3 Å². The first-order valence-corrected chi connectivity index (χ1v) is 12.9. The molecule has 1 aromatic carbocycles. The molecule has 38 heavy (non-hydrogen) atoms. The maximum Gasteiger partial charge on any atom is 0.530 e. The molecular formula is C23H29N4O10P. The molecule has 3 rings (SSSR count). The van der Waals surface area contributed by atoms with E-state index in [1.54, 1.807) is 32.0 Å². The summed E-state index contributed by atoms with van der Waals surface area (Å²) in [7, 11) is -4.56. The normalized spacial score (nSPS) is 25.2. The van der Waals surface area contributed by atoms with Crippen LogP contribution in [0.25, 0.3) is 0 Å². The average molecular weight is 552 g/mol. The van der Waals surface area contributed by atoms with E-state index >= 15 is 0 Å². The molecule has 1 aromatic heterocycles. The fourth-order valence-corrected chi connectivity index (χ4v) is 4.76. The first-order valence-electron chi connectivity index (χ1n) is 11.5. The molecule has 2 aromatic rings. The van der Waals surface area contributed by atoms with Crippen LogP contribution in [-0.2, 0) is 27.9 Å². The lowest BCUT2D eigenvalue weighted by Gasteiger charge is -2.25. The maximum absolute atomic E-state index is 13.6. The van der Waals surface area contributed by atoms with Crippen LogP contribution in [0, 0.1) is 11.8 Å². The number of ether oxygens (including phenoxy) is 2. The van der Waals surface area contributed by atoms with Gasteiger partial charge < -0.3 is 29.9 Å². The van der Waals surface area contributed by atoms with Crippen molar-refractivity contribution in [3.8, 4) is 17.6 Å². The third-order valence-corrected chi connectivity index (χ3v) is 6.57. The van der Waals surface area contributed by atoms with Gasteiger partial charge in [-0.05, 0) is 39.8 Å². The van der Waals surface area contributed by atoms with Gasteiger partial charge >= 0.3 is 19.5 Å². The Morgan fingerprint density at radius 3 is 2.61 bits per heavy atom. The predicted molar refractivity (Wildman–Crippen MR) is 131 cm³/mol. The number of rotatable bonds is 10. The molecule has 0 aliphatic carbocycles. The number of anilines is 1. The Morgan fingerprint density at radius 1 is 1.32 bits per heavy atom. The summed E-state index contributed by atoms with van der Waals surface area (Å²) in [6.07, 6.45) is -5.59. The lowest BCUT2D eigenvalue weighted by atomic mass is 9.95. The van der Waals surface area contributed by atoms with E-state index in [-0.39, 0.29) is 11.6 Å². The van der Waals surface area contributed by atoms with Crippen molar-refractivity contribution in [1.82, 2.24) is 14.8 Å². The molecule has 1 fully saturated rings. The second kappa shape index (κ2) is 12.0. The number of para-hydroxylation sites is 1. The Hall–Kier alpha value is -3.31. The summed E-state index contributed by atoms with van der Waals surface area (Å²) >= 11 is 0. The summed E-state index contributed by atoms with van der Waals surface area (Å²) in [5, 5.41) is 25.8. The number of aromatic nitrogens is 3. The van der Waals surface area contributed by atoms with Crippen LogP contribution in [-0.4, -0.2) is 67.6 Å². The maximum atomic E-state index is 13.6. The molecule has 15 heteroatoms. The van der Waals surface area contributed by atoms with Crippen molar-refractivity contribution < 1.29 is 42.6 Å². The summed E-state index contributed by atoms with van der Waals surface area (Å²) in [5.74, 6) is 4.00. The van der Waals surface area contributed by atoms with Crippen LogP contribution in [0.4, 0.5) is 5.82 Å². The van der Waals surface area contributed by atoms with Gasteiger partial charge in [0.25, 0.3) is 0 Å². The van der Waals surface area contributed by atoms with Crippen LogP contribution in [0.3, 0.4) is 0 Å². The molecule has 14 nitrogen and oxygen atoms in total. The number of hydrogen-bond donors (Lipinski definition) is 3. The van der Waals surface area contributed by atoms with Gasteiger partial charge in [-0.1, -0.05) is 24.1 Å². The number of aliphatic hydroxyl groups is 2. The molecule has 4 N–H and O–H groups in total. The Bertz CT molecular complexity index is 1290. The quantitative estimate of drug-likeness (QED) is 0.213. The first kappa shape index (κ1) is 29.2. The summed E-state index contributed by atoms with van der Waals surface area (Å²) in [6.45, 7) is 5.28. The van der Waals surface area contributed by atoms with Crippen LogP contribution in [0.1, 0.15) is 33.9 Å².